The summed E-state index contributed by atoms with van der Waals surface area (Å²) in [5.74, 6) is 2.09. The minimum atomic E-state index is 0. The third-order valence-corrected chi connectivity index (χ3v) is 3.76. The van der Waals surface area contributed by atoms with E-state index in [2.05, 4.69) is 34.5 Å². The van der Waals surface area contributed by atoms with E-state index >= 15 is 0 Å². The molecule has 0 unspecified atom stereocenters. The van der Waals surface area contributed by atoms with Gasteiger partial charge in [-0.3, -0.25) is 4.99 Å². The SMILES string of the molecule is CCC(CC)CNC(=NC)NCc1cccnc1OCCOC.I. The molecule has 6 nitrogen and oxygen atoms in total. The molecule has 1 aromatic rings. The summed E-state index contributed by atoms with van der Waals surface area (Å²) in [5, 5.41) is 6.68. The van der Waals surface area contributed by atoms with Crippen molar-refractivity contribution in [3.63, 3.8) is 0 Å². The number of halogens is 1. The van der Waals surface area contributed by atoms with E-state index in [1.807, 2.05) is 12.1 Å². The number of rotatable bonds is 10. The smallest absolute Gasteiger partial charge is 0.218 e. The van der Waals surface area contributed by atoms with Crippen LogP contribution in [-0.4, -0.2) is 44.9 Å². The first-order valence-corrected chi connectivity index (χ1v) is 8.25. The molecule has 0 aliphatic rings. The quantitative estimate of drug-likeness (QED) is 0.248. The summed E-state index contributed by atoms with van der Waals surface area (Å²) in [6.45, 7) is 7.00. The molecule has 0 aromatic carbocycles. The predicted molar refractivity (Wildman–Crippen MR) is 109 cm³/mol. The van der Waals surface area contributed by atoms with Gasteiger partial charge < -0.3 is 20.1 Å². The molecule has 0 bridgehead atoms. The van der Waals surface area contributed by atoms with Gasteiger partial charge in [-0.1, -0.05) is 32.8 Å². The number of aromatic nitrogens is 1. The lowest BCUT2D eigenvalue weighted by molar-refractivity contribution is 0.143. The van der Waals surface area contributed by atoms with Crippen LogP contribution >= 0.6 is 24.0 Å². The van der Waals surface area contributed by atoms with E-state index in [1.54, 1.807) is 20.4 Å². The summed E-state index contributed by atoms with van der Waals surface area (Å²) in [6.07, 6.45) is 4.06. The van der Waals surface area contributed by atoms with Crippen LogP contribution in [0.2, 0.25) is 0 Å². The molecule has 1 heterocycles. The third kappa shape index (κ3) is 8.68. The van der Waals surface area contributed by atoms with Gasteiger partial charge in [-0.05, 0) is 12.0 Å². The normalized spacial score (nSPS) is 11.1. The van der Waals surface area contributed by atoms with Gasteiger partial charge in [-0.2, -0.15) is 0 Å². The minimum Gasteiger partial charge on any atom is -0.475 e. The molecule has 0 saturated carbocycles. The zero-order valence-electron chi connectivity index (χ0n) is 15.2. The van der Waals surface area contributed by atoms with E-state index in [1.165, 1.54) is 12.8 Å². The molecule has 0 aliphatic heterocycles. The lowest BCUT2D eigenvalue weighted by atomic mass is 10.0. The Morgan fingerprint density at radius 2 is 2.00 bits per heavy atom. The van der Waals surface area contributed by atoms with Crippen molar-refractivity contribution in [3.05, 3.63) is 23.9 Å². The van der Waals surface area contributed by atoms with Gasteiger partial charge in [-0.25, -0.2) is 4.98 Å². The van der Waals surface area contributed by atoms with E-state index in [0.29, 0.717) is 31.6 Å². The second kappa shape index (κ2) is 14.3. The van der Waals surface area contributed by atoms with Crippen LogP contribution in [-0.2, 0) is 11.3 Å². The van der Waals surface area contributed by atoms with Crippen molar-refractivity contribution in [1.29, 1.82) is 0 Å². The van der Waals surface area contributed by atoms with Crippen LogP contribution in [0.3, 0.4) is 0 Å². The van der Waals surface area contributed by atoms with Crippen LogP contribution < -0.4 is 15.4 Å². The minimum absolute atomic E-state index is 0. The Morgan fingerprint density at radius 3 is 2.62 bits per heavy atom. The second-order valence-corrected chi connectivity index (χ2v) is 5.30. The van der Waals surface area contributed by atoms with Crippen LogP contribution in [0.1, 0.15) is 32.3 Å². The number of methoxy groups -OCH3 is 1. The fraction of sp³-hybridized carbons (Fsp3) is 0.647. The first-order chi connectivity index (χ1) is 11.2. The number of guanidine groups is 1. The van der Waals surface area contributed by atoms with E-state index in [0.717, 1.165) is 18.1 Å². The van der Waals surface area contributed by atoms with E-state index in [9.17, 15) is 0 Å². The summed E-state index contributed by atoms with van der Waals surface area (Å²) in [6, 6.07) is 3.90. The number of hydrogen-bond donors (Lipinski definition) is 2. The van der Waals surface area contributed by atoms with Gasteiger partial charge in [0.2, 0.25) is 5.88 Å². The fourth-order valence-corrected chi connectivity index (χ4v) is 2.13. The maximum Gasteiger partial charge on any atom is 0.218 e. The summed E-state index contributed by atoms with van der Waals surface area (Å²) in [5.41, 5.74) is 0.995. The van der Waals surface area contributed by atoms with E-state index in [-0.39, 0.29) is 24.0 Å². The lowest BCUT2D eigenvalue weighted by Gasteiger charge is -2.17. The maximum absolute atomic E-state index is 5.64. The van der Waals surface area contributed by atoms with Crippen molar-refractivity contribution in [3.8, 4) is 5.88 Å². The van der Waals surface area contributed by atoms with E-state index < -0.39 is 0 Å². The highest BCUT2D eigenvalue weighted by Gasteiger charge is 2.07. The molecule has 0 amide bonds. The molecule has 24 heavy (non-hydrogen) atoms. The number of nitrogens with one attached hydrogen (secondary N) is 2. The van der Waals surface area contributed by atoms with Crippen molar-refractivity contribution in [2.24, 2.45) is 10.9 Å². The van der Waals surface area contributed by atoms with Gasteiger partial charge in [0.25, 0.3) is 0 Å². The Hall–Kier alpha value is -1.09. The zero-order valence-corrected chi connectivity index (χ0v) is 17.5. The Balaban J connectivity index is 0.00000529. The Kier molecular flexibility index (Phi) is 13.6. The predicted octanol–water partition coefficient (Wildman–Crippen LogP) is 2.83. The topological polar surface area (TPSA) is 67.8 Å². The molecule has 7 heteroatoms. The molecule has 1 aromatic heterocycles. The van der Waals surface area contributed by atoms with Crippen molar-refractivity contribution < 1.29 is 9.47 Å². The molecule has 0 atom stereocenters. The molecule has 2 N–H and O–H groups in total. The standard InChI is InChI=1S/C17H30N4O2.HI/c1-5-14(6-2)12-20-17(18-3)21-13-15-8-7-9-19-16(15)23-11-10-22-4;/h7-9,14H,5-6,10-13H2,1-4H3,(H2,18,20,21);1H. The Bertz CT molecular complexity index is 468. The molecular formula is C17H31IN4O2. The summed E-state index contributed by atoms with van der Waals surface area (Å²) in [4.78, 5) is 8.54. The van der Waals surface area contributed by atoms with Crippen LogP contribution in [0, 0.1) is 5.92 Å². The first kappa shape index (κ1) is 22.9. The summed E-state index contributed by atoms with van der Waals surface area (Å²) < 4.78 is 10.6. The van der Waals surface area contributed by atoms with Gasteiger partial charge >= 0.3 is 0 Å². The van der Waals surface area contributed by atoms with Crippen LogP contribution in [0.25, 0.3) is 0 Å². The highest BCUT2D eigenvalue weighted by molar-refractivity contribution is 14.0. The van der Waals surface area contributed by atoms with Gasteiger partial charge in [0.05, 0.1) is 6.61 Å². The zero-order chi connectivity index (χ0) is 16.9. The third-order valence-electron chi connectivity index (χ3n) is 3.76. The fourth-order valence-electron chi connectivity index (χ4n) is 2.13. The molecule has 0 fully saturated rings. The van der Waals surface area contributed by atoms with Gasteiger partial charge in [0.1, 0.15) is 6.61 Å². The molecular weight excluding hydrogens is 419 g/mol. The largest absolute Gasteiger partial charge is 0.475 e. The number of ether oxygens (including phenoxy) is 2. The van der Waals surface area contributed by atoms with Crippen LogP contribution in [0.5, 0.6) is 5.88 Å². The molecule has 0 spiro atoms. The molecule has 0 radical (unpaired) electrons. The highest BCUT2D eigenvalue weighted by atomic mass is 127. The van der Waals surface area contributed by atoms with Crippen LogP contribution in [0.15, 0.2) is 23.3 Å². The lowest BCUT2D eigenvalue weighted by Crippen LogP contribution is -2.39. The molecule has 1 rings (SSSR count). The molecule has 0 aliphatic carbocycles. The van der Waals surface area contributed by atoms with Crippen molar-refractivity contribution >= 4 is 29.9 Å². The van der Waals surface area contributed by atoms with Gasteiger partial charge in [0.15, 0.2) is 5.96 Å². The number of hydrogen-bond acceptors (Lipinski definition) is 4. The summed E-state index contributed by atoms with van der Waals surface area (Å²) >= 11 is 0. The average molecular weight is 450 g/mol. The monoisotopic (exact) mass is 450 g/mol. The molecule has 0 saturated heterocycles. The van der Waals surface area contributed by atoms with Crippen molar-refractivity contribution in [2.75, 3.05) is 33.9 Å². The number of pyridine rings is 1. The average Bonchev–Trinajstić information content (AvgIpc) is 2.59. The number of nitrogens with zero attached hydrogens (tertiary/aromatic N) is 2. The Morgan fingerprint density at radius 1 is 1.25 bits per heavy atom. The first-order valence-electron chi connectivity index (χ1n) is 8.25. The van der Waals surface area contributed by atoms with Crippen LogP contribution in [0.4, 0.5) is 0 Å². The highest BCUT2D eigenvalue weighted by Crippen LogP contribution is 2.13. The van der Waals surface area contributed by atoms with Gasteiger partial charge in [0, 0.05) is 39.0 Å². The van der Waals surface area contributed by atoms with Crippen molar-refractivity contribution in [2.45, 2.75) is 33.2 Å². The second-order valence-electron chi connectivity index (χ2n) is 5.30. The van der Waals surface area contributed by atoms with E-state index in [4.69, 9.17) is 9.47 Å². The Labute approximate surface area is 162 Å². The molecule has 138 valence electrons. The van der Waals surface area contributed by atoms with Gasteiger partial charge in [-0.15, -0.1) is 24.0 Å². The number of aliphatic imine (C=N–C) groups is 1. The summed E-state index contributed by atoms with van der Waals surface area (Å²) in [7, 11) is 3.43. The van der Waals surface area contributed by atoms with Crippen molar-refractivity contribution in [1.82, 2.24) is 15.6 Å². The maximum atomic E-state index is 5.64.